The molecule has 0 amide bonds. The molecule has 0 saturated carbocycles. The summed E-state index contributed by atoms with van der Waals surface area (Å²) in [4.78, 5) is 15.0. The number of rotatable bonds is 3. The summed E-state index contributed by atoms with van der Waals surface area (Å²) in [6.45, 7) is 3.76. The van der Waals surface area contributed by atoms with Crippen molar-refractivity contribution in [2.45, 2.75) is 31.7 Å². The summed E-state index contributed by atoms with van der Waals surface area (Å²) in [5.74, 6) is 0.406. The van der Waals surface area contributed by atoms with E-state index < -0.39 is 17.8 Å². The molecular weight excluding hydrogens is 258 g/mol. The number of nitrogens with one attached hydrogen (secondary N) is 1. The number of ether oxygens (including phenoxy) is 2. The Kier molecular flexibility index (Phi) is 2.84. The maximum absolute atomic E-state index is 12.2. The lowest BCUT2D eigenvalue weighted by Gasteiger charge is -2.15. The van der Waals surface area contributed by atoms with Crippen molar-refractivity contribution in [3.8, 4) is 5.75 Å². The van der Waals surface area contributed by atoms with Crippen LogP contribution in [0.2, 0.25) is 0 Å². The van der Waals surface area contributed by atoms with Crippen molar-refractivity contribution in [1.82, 2.24) is 4.98 Å². The summed E-state index contributed by atoms with van der Waals surface area (Å²) in [5, 5.41) is 11.2. The molecule has 3 rings (SSSR count). The molecule has 106 valence electrons. The second kappa shape index (κ2) is 4.33. The van der Waals surface area contributed by atoms with Gasteiger partial charge in [-0.1, -0.05) is 12.1 Å². The largest absolute Gasteiger partial charge is 0.495 e. The molecule has 20 heavy (non-hydrogen) atoms. The number of epoxide rings is 1. The minimum absolute atomic E-state index is 0.224. The van der Waals surface area contributed by atoms with E-state index in [0.717, 1.165) is 5.39 Å². The van der Waals surface area contributed by atoms with Crippen molar-refractivity contribution < 1.29 is 14.6 Å². The third-order valence-electron chi connectivity index (χ3n) is 3.75. The van der Waals surface area contributed by atoms with Crippen LogP contribution in [0.4, 0.5) is 0 Å². The van der Waals surface area contributed by atoms with Gasteiger partial charge in [-0.15, -0.1) is 0 Å². The Balaban J connectivity index is 2.20. The Morgan fingerprint density at radius 2 is 2.05 bits per heavy atom. The van der Waals surface area contributed by atoms with Gasteiger partial charge in [-0.25, -0.2) is 0 Å². The smallest absolute Gasteiger partial charge is 0.258 e. The van der Waals surface area contributed by atoms with Crippen molar-refractivity contribution in [2.75, 3.05) is 7.11 Å². The fourth-order valence-corrected chi connectivity index (χ4v) is 2.61. The second-order valence-corrected chi connectivity index (χ2v) is 5.53. The third-order valence-corrected chi connectivity index (χ3v) is 3.75. The highest BCUT2D eigenvalue weighted by molar-refractivity contribution is 5.86. The van der Waals surface area contributed by atoms with Gasteiger partial charge < -0.3 is 19.6 Å². The van der Waals surface area contributed by atoms with E-state index in [2.05, 4.69) is 4.98 Å². The van der Waals surface area contributed by atoms with Crippen LogP contribution in [0.1, 0.15) is 25.5 Å². The lowest BCUT2D eigenvalue weighted by Crippen LogP contribution is -2.23. The molecule has 2 unspecified atom stereocenters. The molecule has 1 aliphatic rings. The highest BCUT2D eigenvalue weighted by atomic mass is 16.6. The molecule has 1 saturated heterocycles. The van der Waals surface area contributed by atoms with Crippen LogP contribution in [-0.4, -0.2) is 28.9 Å². The molecule has 0 aliphatic carbocycles. The fourth-order valence-electron chi connectivity index (χ4n) is 2.61. The van der Waals surface area contributed by atoms with Gasteiger partial charge in [0.2, 0.25) is 0 Å². The molecule has 5 nitrogen and oxygen atoms in total. The van der Waals surface area contributed by atoms with Crippen molar-refractivity contribution in [1.29, 1.82) is 0 Å². The zero-order chi connectivity index (χ0) is 14.5. The van der Waals surface area contributed by atoms with Gasteiger partial charge in [0.05, 0.1) is 23.8 Å². The van der Waals surface area contributed by atoms with Gasteiger partial charge >= 0.3 is 0 Å². The number of pyridine rings is 1. The molecule has 0 radical (unpaired) electrons. The molecule has 1 aliphatic heterocycles. The van der Waals surface area contributed by atoms with E-state index in [1.54, 1.807) is 6.07 Å². The third kappa shape index (κ3) is 1.90. The first-order chi connectivity index (χ1) is 9.45. The molecular formula is C15H17NO4. The molecule has 1 aromatic heterocycles. The summed E-state index contributed by atoms with van der Waals surface area (Å²) < 4.78 is 10.8. The first-order valence-electron chi connectivity index (χ1n) is 6.50. The molecule has 1 fully saturated rings. The summed E-state index contributed by atoms with van der Waals surface area (Å²) in [7, 11) is 1.50. The number of aliphatic hydroxyl groups is 1. The molecule has 0 bridgehead atoms. The zero-order valence-electron chi connectivity index (χ0n) is 11.6. The minimum atomic E-state index is -1.01. The highest BCUT2D eigenvalue weighted by Gasteiger charge is 2.53. The summed E-state index contributed by atoms with van der Waals surface area (Å²) in [5.41, 5.74) is 0.144. The maximum atomic E-state index is 12.2. The average Bonchev–Trinajstić information content (AvgIpc) is 3.05. The molecule has 2 aromatic rings. The molecule has 2 atom stereocenters. The summed E-state index contributed by atoms with van der Waals surface area (Å²) >= 11 is 0. The van der Waals surface area contributed by atoms with E-state index in [4.69, 9.17) is 9.47 Å². The second-order valence-electron chi connectivity index (χ2n) is 5.53. The van der Waals surface area contributed by atoms with Crippen LogP contribution >= 0.6 is 0 Å². The van der Waals surface area contributed by atoms with Crippen LogP contribution in [0, 0.1) is 0 Å². The Bertz CT molecular complexity index is 719. The number of fused-ring (bicyclic) bond motifs is 1. The maximum Gasteiger partial charge on any atom is 0.258 e. The number of hydrogen-bond acceptors (Lipinski definition) is 4. The van der Waals surface area contributed by atoms with Crippen LogP contribution in [0.15, 0.2) is 29.1 Å². The Morgan fingerprint density at radius 1 is 1.40 bits per heavy atom. The number of methoxy groups -OCH3 is 1. The Morgan fingerprint density at radius 3 is 2.65 bits per heavy atom. The number of aliphatic hydroxyl groups excluding tert-OH is 1. The molecule has 1 aromatic carbocycles. The van der Waals surface area contributed by atoms with E-state index in [1.807, 2.05) is 32.0 Å². The SMILES string of the molecule is COc1c(C(O)C2OC2(C)C)c(=O)[nH]c2ccccc12. The van der Waals surface area contributed by atoms with Crippen LogP contribution in [-0.2, 0) is 4.74 Å². The summed E-state index contributed by atoms with van der Waals surface area (Å²) in [6, 6.07) is 7.34. The first-order valence-corrected chi connectivity index (χ1v) is 6.50. The average molecular weight is 275 g/mol. The lowest BCUT2D eigenvalue weighted by atomic mass is 9.98. The number of H-pyrrole nitrogens is 1. The van der Waals surface area contributed by atoms with E-state index >= 15 is 0 Å². The van der Waals surface area contributed by atoms with Crippen LogP contribution in [0.25, 0.3) is 10.9 Å². The van der Waals surface area contributed by atoms with Gasteiger partial charge in [0.25, 0.3) is 5.56 Å². The number of benzene rings is 1. The van der Waals surface area contributed by atoms with Gasteiger partial charge in [-0.2, -0.15) is 0 Å². The van der Waals surface area contributed by atoms with E-state index in [-0.39, 0.29) is 11.1 Å². The van der Waals surface area contributed by atoms with Crippen LogP contribution in [0.5, 0.6) is 5.75 Å². The van der Waals surface area contributed by atoms with Crippen LogP contribution in [0.3, 0.4) is 0 Å². The highest BCUT2D eigenvalue weighted by Crippen LogP contribution is 2.45. The number of para-hydroxylation sites is 1. The van der Waals surface area contributed by atoms with Crippen molar-refractivity contribution >= 4 is 10.9 Å². The van der Waals surface area contributed by atoms with E-state index in [1.165, 1.54) is 7.11 Å². The van der Waals surface area contributed by atoms with Crippen LogP contribution < -0.4 is 10.3 Å². The van der Waals surface area contributed by atoms with Gasteiger partial charge in [0, 0.05) is 5.39 Å². The standard InChI is InChI=1S/C15H17NO4/c1-15(2)13(20-15)11(17)10-12(19-3)8-6-4-5-7-9(8)16-14(10)18/h4-7,11,13,17H,1-3H3,(H,16,18). The van der Waals surface area contributed by atoms with E-state index in [9.17, 15) is 9.90 Å². The predicted octanol–water partition coefficient (Wildman–Crippen LogP) is 1.75. The normalized spacial score (nSPS) is 21.7. The molecule has 0 spiro atoms. The molecule has 5 heteroatoms. The fraction of sp³-hybridized carbons (Fsp3) is 0.400. The quantitative estimate of drug-likeness (QED) is 0.837. The van der Waals surface area contributed by atoms with Crippen molar-refractivity contribution in [3.63, 3.8) is 0 Å². The zero-order valence-corrected chi connectivity index (χ0v) is 11.6. The van der Waals surface area contributed by atoms with Gasteiger partial charge in [0.15, 0.2) is 0 Å². The van der Waals surface area contributed by atoms with Crippen molar-refractivity contribution in [2.24, 2.45) is 0 Å². The van der Waals surface area contributed by atoms with Gasteiger partial charge in [-0.05, 0) is 26.0 Å². The number of hydrogen-bond donors (Lipinski definition) is 2. The Labute approximate surface area is 116 Å². The Hall–Kier alpha value is -1.85. The molecule has 2 N–H and O–H groups in total. The van der Waals surface area contributed by atoms with Gasteiger partial charge in [0.1, 0.15) is 18.0 Å². The minimum Gasteiger partial charge on any atom is -0.495 e. The van der Waals surface area contributed by atoms with Crippen molar-refractivity contribution in [3.05, 3.63) is 40.2 Å². The first kappa shape index (κ1) is 13.1. The van der Waals surface area contributed by atoms with Gasteiger partial charge in [-0.3, -0.25) is 4.79 Å². The summed E-state index contributed by atoms with van der Waals surface area (Å²) in [6.07, 6.45) is -1.40. The topological polar surface area (TPSA) is 74.8 Å². The predicted molar refractivity (Wildman–Crippen MR) is 75.0 cm³/mol. The number of aromatic nitrogens is 1. The number of aromatic amines is 1. The van der Waals surface area contributed by atoms with E-state index in [0.29, 0.717) is 11.3 Å². The monoisotopic (exact) mass is 275 g/mol. The lowest BCUT2D eigenvalue weighted by molar-refractivity contribution is 0.132. The molecule has 2 heterocycles.